The van der Waals surface area contributed by atoms with E-state index in [-0.39, 0.29) is 16.5 Å². The van der Waals surface area contributed by atoms with Crippen LogP contribution in [0, 0.1) is 0 Å². The van der Waals surface area contributed by atoms with E-state index in [1.807, 2.05) is 6.07 Å². The van der Waals surface area contributed by atoms with Gasteiger partial charge in [0.25, 0.3) is 0 Å². The molecule has 0 spiro atoms. The molecule has 0 aliphatic heterocycles. The van der Waals surface area contributed by atoms with E-state index < -0.39 is 8.03 Å². The normalized spacial score (nSPS) is 11.7. The Labute approximate surface area is 70.1 Å². The van der Waals surface area contributed by atoms with Crippen molar-refractivity contribution >= 4 is 13.3 Å². The molecule has 0 heterocycles. The monoisotopic (exact) mass is 200 g/mol. The topological polar surface area (TPSA) is 37.3 Å². The third-order valence-corrected chi connectivity index (χ3v) is 1.85. The molecule has 2 nitrogen and oxygen atoms in total. The molecule has 0 amide bonds. The zero-order chi connectivity index (χ0) is 6.69. The van der Waals surface area contributed by atoms with E-state index in [2.05, 4.69) is 0 Å². The quantitative estimate of drug-likeness (QED) is 0.538. The Morgan fingerprint density at radius 2 is 1.70 bits per heavy atom. The molecule has 0 fully saturated rings. The van der Waals surface area contributed by atoms with E-state index in [0.717, 1.165) is 0 Å². The van der Waals surface area contributed by atoms with Crippen molar-refractivity contribution in [2.45, 2.75) is 0 Å². The minimum absolute atomic E-state index is 0. The van der Waals surface area contributed by atoms with Crippen molar-refractivity contribution in [2.24, 2.45) is 0 Å². The van der Waals surface area contributed by atoms with Crippen molar-refractivity contribution < 1.29 is 25.9 Å². The molecule has 0 saturated carbocycles. The fourth-order valence-electron chi connectivity index (χ4n) is 0.581. The number of hydrogen-bond donors (Lipinski definition) is 1. The molecule has 0 bridgehead atoms. The Balaban J connectivity index is 0.000000810. The number of hydrogen-bond acceptors (Lipinski definition) is 1. The molecule has 10 heavy (non-hydrogen) atoms. The molecule has 0 aliphatic carbocycles. The van der Waals surface area contributed by atoms with E-state index in [1.54, 1.807) is 24.3 Å². The van der Waals surface area contributed by atoms with E-state index in [1.165, 1.54) is 0 Å². The van der Waals surface area contributed by atoms with Gasteiger partial charge in [0.15, 0.2) is 0 Å². The Kier molecular flexibility index (Phi) is 4.63. The van der Waals surface area contributed by atoms with Crippen molar-refractivity contribution in [2.75, 3.05) is 0 Å². The van der Waals surface area contributed by atoms with E-state index in [4.69, 9.17) is 4.89 Å². The van der Waals surface area contributed by atoms with Crippen molar-refractivity contribution in [3.63, 3.8) is 0 Å². The van der Waals surface area contributed by atoms with E-state index in [9.17, 15) is 4.57 Å². The minimum atomic E-state index is -2.46. The minimum Gasteiger partial charge on any atom is -0.343 e. The Morgan fingerprint density at radius 1 is 1.20 bits per heavy atom. The molecule has 4 heteroatoms. The van der Waals surface area contributed by atoms with Gasteiger partial charge in [-0.05, 0) is 12.1 Å². The Hall–Kier alpha value is -0.0965. The van der Waals surface area contributed by atoms with Gasteiger partial charge in [-0.3, -0.25) is 4.57 Å². The number of rotatable bonds is 1. The second-order valence-electron chi connectivity index (χ2n) is 1.67. The van der Waals surface area contributed by atoms with Gasteiger partial charge in [-0.1, -0.05) is 18.2 Å². The van der Waals surface area contributed by atoms with Crippen LogP contribution in [-0.2, 0) is 21.1 Å². The van der Waals surface area contributed by atoms with Crippen LogP contribution in [0.25, 0.3) is 0 Å². The van der Waals surface area contributed by atoms with Crippen LogP contribution >= 0.6 is 8.03 Å². The first kappa shape index (κ1) is 9.90. The van der Waals surface area contributed by atoms with Gasteiger partial charge in [-0.15, -0.1) is 0 Å². The third-order valence-electron chi connectivity index (χ3n) is 1.02. The molecular formula is C6H7NiO2P. The predicted molar refractivity (Wildman–Crippen MR) is 37.3 cm³/mol. The molecule has 1 aromatic rings. The SMILES string of the molecule is O=[PH](O)c1ccccc1.[Ni]. The summed E-state index contributed by atoms with van der Waals surface area (Å²) in [6, 6.07) is 8.58. The summed E-state index contributed by atoms with van der Waals surface area (Å²) >= 11 is 0. The molecule has 1 rings (SSSR count). The van der Waals surface area contributed by atoms with Crippen LogP contribution in [0.1, 0.15) is 0 Å². The second kappa shape index (κ2) is 4.68. The standard InChI is InChI=1S/C6H7O2P.Ni/c7-9(8)6-4-2-1-3-5-6;/h1-5,9H,(H,7,8);. The van der Waals surface area contributed by atoms with E-state index in [0.29, 0.717) is 5.30 Å². The first-order chi connectivity index (χ1) is 4.30. The summed E-state index contributed by atoms with van der Waals surface area (Å²) in [6.07, 6.45) is 0. The smallest absolute Gasteiger partial charge is 0.218 e. The second-order valence-corrected chi connectivity index (χ2v) is 2.86. The van der Waals surface area contributed by atoms with Crippen molar-refractivity contribution in [1.82, 2.24) is 0 Å². The summed E-state index contributed by atoms with van der Waals surface area (Å²) in [5.74, 6) is 0. The summed E-state index contributed by atoms with van der Waals surface area (Å²) in [4.78, 5) is 8.57. The maximum Gasteiger partial charge on any atom is 0.218 e. The molecule has 0 aromatic heterocycles. The summed E-state index contributed by atoms with van der Waals surface area (Å²) in [5, 5.41) is 0.516. The van der Waals surface area contributed by atoms with Gasteiger partial charge < -0.3 is 4.89 Å². The van der Waals surface area contributed by atoms with Gasteiger partial charge in [0.1, 0.15) is 0 Å². The van der Waals surface area contributed by atoms with Crippen LogP contribution < -0.4 is 5.30 Å². The van der Waals surface area contributed by atoms with Gasteiger partial charge in [-0.25, -0.2) is 0 Å². The molecule has 1 unspecified atom stereocenters. The first-order valence-corrected chi connectivity index (χ1v) is 3.94. The summed E-state index contributed by atoms with van der Waals surface area (Å²) < 4.78 is 10.4. The van der Waals surface area contributed by atoms with Gasteiger partial charge in [0.2, 0.25) is 8.03 Å². The van der Waals surface area contributed by atoms with E-state index >= 15 is 0 Å². The summed E-state index contributed by atoms with van der Waals surface area (Å²) in [7, 11) is -2.46. The molecular weight excluding hydrogens is 194 g/mol. The third kappa shape index (κ3) is 2.66. The summed E-state index contributed by atoms with van der Waals surface area (Å²) in [5.41, 5.74) is 0. The van der Waals surface area contributed by atoms with Crippen LogP contribution in [0.4, 0.5) is 0 Å². The number of benzene rings is 1. The maximum atomic E-state index is 10.4. The Morgan fingerprint density at radius 3 is 2.00 bits per heavy atom. The molecule has 0 aliphatic rings. The van der Waals surface area contributed by atoms with Gasteiger partial charge in [-0.2, -0.15) is 0 Å². The molecule has 1 aromatic carbocycles. The molecule has 1 N–H and O–H groups in total. The van der Waals surface area contributed by atoms with Crippen molar-refractivity contribution in [3.8, 4) is 0 Å². The van der Waals surface area contributed by atoms with Gasteiger partial charge >= 0.3 is 0 Å². The predicted octanol–water partition coefficient (Wildman–Crippen LogP) is 0.776. The average Bonchev–Trinajstić information content (AvgIpc) is 1.90. The molecule has 1 atom stereocenters. The first-order valence-electron chi connectivity index (χ1n) is 2.59. The van der Waals surface area contributed by atoms with Crippen LogP contribution in [0.2, 0.25) is 0 Å². The van der Waals surface area contributed by atoms with Crippen LogP contribution in [-0.4, -0.2) is 4.89 Å². The fraction of sp³-hybridized carbons (Fsp3) is 0. The molecule has 0 radical (unpaired) electrons. The van der Waals surface area contributed by atoms with Gasteiger partial charge in [0, 0.05) is 21.8 Å². The van der Waals surface area contributed by atoms with Gasteiger partial charge in [0.05, 0.1) is 0 Å². The van der Waals surface area contributed by atoms with Crippen LogP contribution in [0.5, 0.6) is 0 Å². The Bertz CT molecular complexity index is 212. The zero-order valence-corrected chi connectivity index (χ0v) is 7.05. The average molecular weight is 201 g/mol. The molecule has 0 saturated heterocycles. The maximum absolute atomic E-state index is 10.4. The van der Waals surface area contributed by atoms with Crippen molar-refractivity contribution in [3.05, 3.63) is 30.3 Å². The zero-order valence-electron chi connectivity index (χ0n) is 5.06. The van der Waals surface area contributed by atoms with Crippen LogP contribution in [0.3, 0.4) is 0 Å². The van der Waals surface area contributed by atoms with Crippen molar-refractivity contribution in [1.29, 1.82) is 0 Å². The fourth-order valence-corrected chi connectivity index (χ4v) is 1.06. The largest absolute Gasteiger partial charge is 0.343 e. The molecule has 58 valence electrons. The van der Waals surface area contributed by atoms with Crippen LogP contribution in [0.15, 0.2) is 30.3 Å². The summed E-state index contributed by atoms with van der Waals surface area (Å²) in [6.45, 7) is 0.